The molecule has 2 aliphatic carbocycles. The van der Waals surface area contributed by atoms with Gasteiger partial charge >= 0.3 is 0 Å². The van der Waals surface area contributed by atoms with Crippen LogP contribution in [0, 0.1) is 0 Å². The molecule has 2 saturated carbocycles. The third-order valence-electron chi connectivity index (χ3n) is 3.87. The van der Waals surface area contributed by atoms with Gasteiger partial charge in [0, 0.05) is 6.04 Å². The van der Waals surface area contributed by atoms with Crippen LogP contribution in [0.4, 0.5) is 0 Å². The van der Waals surface area contributed by atoms with Crippen LogP contribution in [0.1, 0.15) is 50.0 Å². The van der Waals surface area contributed by atoms with Gasteiger partial charge < -0.3 is 10.5 Å². The molecule has 0 bridgehead atoms. The lowest BCUT2D eigenvalue weighted by Crippen LogP contribution is -2.26. The predicted molar refractivity (Wildman–Crippen MR) is 69.3 cm³/mol. The van der Waals surface area contributed by atoms with Crippen LogP contribution >= 0.6 is 0 Å². The Labute approximate surface area is 103 Å². The molecule has 0 radical (unpaired) electrons. The Hall–Kier alpha value is -1.02. The Morgan fingerprint density at radius 1 is 1.12 bits per heavy atom. The molecule has 3 rings (SSSR count). The largest absolute Gasteiger partial charge is 0.490 e. The SMILES string of the molecule is NC1CCCC(c2cccc(OC3CC3)c2)C1. The van der Waals surface area contributed by atoms with Crippen molar-refractivity contribution in [3.63, 3.8) is 0 Å². The van der Waals surface area contributed by atoms with E-state index in [4.69, 9.17) is 10.5 Å². The van der Waals surface area contributed by atoms with Crippen molar-refractivity contribution in [3.05, 3.63) is 29.8 Å². The first-order valence-corrected chi connectivity index (χ1v) is 6.83. The minimum absolute atomic E-state index is 0.391. The average molecular weight is 231 g/mol. The highest BCUT2D eigenvalue weighted by Crippen LogP contribution is 2.34. The van der Waals surface area contributed by atoms with Gasteiger partial charge in [-0.05, 0) is 55.7 Å². The lowest BCUT2D eigenvalue weighted by Gasteiger charge is -2.27. The van der Waals surface area contributed by atoms with Crippen molar-refractivity contribution in [2.24, 2.45) is 5.73 Å². The number of nitrogens with two attached hydrogens (primary N) is 1. The van der Waals surface area contributed by atoms with Gasteiger partial charge in [-0.1, -0.05) is 18.6 Å². The van der Waals surface area contributed by atoms with E-state index in [0.717, 1.165) is 12.2 Å². The zero-order chi connectivity index (χ0) is 11.7. The first kappa shape index (κ1) is 11.1. The van der Waals surface area contributed by atoms with Crippen molar-refractivity contribution >= 4 is 0 Å². The van der Waals surface area contributed by atoms with Gasteiger partial charge in [-0.2, -0.15) is 0 Å². The molecule has 0 aliphatic heterocycles. The number of rotatable bonds is 3. The number of hydrogen-bond acceptors (Lipinski definition) is 2. The van der Waals surface area contributed by atoms with E-state index in [1.165, 1.54) is 37.7 Å². The van der Waals surface area contributed by atoms with Crippen LogP contribution in [0.5, 0.6) is 5.75 Å². The van der Waals surface area contributed by atoms with Gasteiger partial charge in [0.2, 0.25) is 0 Å². The second-order valence-corrected chi connectivity index (χ2v) is 5.51. The molecule has 2 atom stereocenters. The predicted octanol–water partition coefficient (Wildman–Crippen LogP) is 3.21. The van der Waals surface area contributed by atoms with E-state index in [2.05, 4.69) is 24.3 Å². The van der Waals surface area contributed by atoms with E-state index in [-0.39, 0.29) is 0 Å². The van der Waals surface area contributed by atoms with Crippen LogP contribution in [0.25, 0.3) is 0 Å². The Morgan fingerprint density at radius 2 is 2.00 bits per heavy atom. The minimum atomic E-state index is 0.391. The molecule has 0 amide bonds. The molecule has 1 aromatic carbocycles. The molecular weight excluding hydrogens is 210 g/mol. The van der Waals surface area contributed by atoms with Crippen LogP contribution in [0.15, 0.2) is 24.3 Å². The van der Waals surface area contributed by atoms with Gasteiger partial charge in [-0.3, -0.25) is 0 Å². The molecular formula is C15H21NO. The Morgan fingerprint density at radius 3 is 2.76 bits per heavy atom. The molecule has 2 nitrogen and oxygen atoms in total. The summed E-state index contributed by atoms with van der Waals surface area (Å²) in [6.07, 6.45) is 7.79. The summed E-state index contributed by atoms with van der Waals surface area (Å²) in [6.45, 7) is 0. The first-order valence-electron chi connectivity index (χ1n) is 6.83. The summed E-state index contributed by atoms with van der Waals surface area (Å²) in [7, 11) is 0. The summed E-state index contributed by atoms with van der Waals surface area (Å²) in [6, 6.07) is 9.03. The van der Waals surface area contributed by atoms with Gasteiger partial charge in [0.15, 0.2) is 0 Å². The van der Waals surface area contributed by atoms with Crippen molar-refractivity contribution in [1.29, 1.82) is 0 Å². The number of ether oxygens (including phenoxy) is 1. The lowest BCUT2D eigenvalue weighted by atomic mass is 9.82. The standard InChI is InChI=1S/C15H21NO/c16-13-5-1-3-11(9-13)12-4-2-6-15(10-12)17-14-7-8-14/h2,4,6,10-11,13-14H,1,3,5,7-9,16H2. The fraction of sp³-hybridized carbons (Fsp3) is 0.600. The molecule has 2 fully saturated rings. The van der Waals surface area contributed by atoms with Gasteiger partial charge in [0.1, 0.15) is 5.75 Å². The van der Waals surface area contributed by atoms with Crippen LogP contribution in [-0.4, -0.2) is 12.1 Å². The highest BCUT2D eigenvalue weighted by atomic mass is 16.5. The molecule has 0 heterocycles. The molecule has 1 aromatic rings. The van der Waals surface area contributed by atoms with Crippen molar-refractivity contribution in [2.45, 2.75) is 56.6 Å². The molecule has 17 heavy (non-hydrogen) atoms. The molecule has 92 valence electrons. The summed E-state index contributed by atoms with van der Waals surface area (Å²) >= 11 is 0. The summed E-state index contributed by atoms with van der Waals surface area (Å²) < 4.78 is 5.85. The first-order chi connectivity index (χ1) is 8.31. The fourth-order valence-corrected chi connectivity index (χ4v) is 2.75. The highest BCUT2D eigenvalue weighted by Gasteiger charge is 2.24. The van der Waals surface area contributed by atoms with E-state index in [1.54, 1.807) is 0 Å². The molecule has 0 spiro atoms. The monoisotopic (exact) mass is 231 g/mol. The lowest BCUT2D eigenvalue weighted by molar-refractivity contribution is 0.302. The van der Waals surface area contributed by atoms with Gasteiger partial charge in [-0.15, -0.1) is 0 Å². The highest BCUT2D eigenvalue weighted by molar-refractivity contribution is 5.31. The molecule has 2 heteroatoms. The second-order valence-electron chi connectivity index (χ2n) is 5.51. The van der Waals surface area contributed by atoms with E-state index >= 15 is 0 Å². The molecule has 0 saturated heterocycles. The Kier molecular flexibility index (Phi) is 3.06. The van der Waals surface area contributed by atoms with Crippen molar-refractivity contribution < 1.29 is 4.74 Å². The molecule has 0 aromatic heterocycles. The normalized spacial score (nSPS) is 29.0. The van der Waals surface area contributed by atoms with Crippen molar-refractivity contribution in [3.8, 4) is 5.75 Å². The number of hydrogen-bond donors (Lipinski definition) is 1. The van der Waals surface area contributed by atoms with E-state index in [9.17, 15) is 0 Å². The van der Waals surface area contributed by atoms with Gasteiger partial charge in [0.25, 0.3) is 0 Å². The Balaban J connectivity index is 1.72. The minimum Gasteiger partial charge on any atom is -0.490 e. The average Bonchev–Trinajstić information content (AvgIpc) is 3.13. The number of benzene rings is 1. The van der Waals surface area contributed by atoms with Crippen molar-refractivity contribution in [2.75, 3.05) is 0 Å². The molecule has 2 unspecified atom stereocenters. The smallest absolute Gasteiger partial charge is 0.119 e. The van der Waals surface area contributed by atoms with Crippen molar-refractivity contribution in [1.82, 2.24) is 0 Å². The third kappa shape index (κ3) is 2.81. The van der Waals surface area contributed by atoms with Crippen LogP contribution in [0.3, 0.4) is 0 Å². The van der Waals surface area contributed by atoms with E-state index < -0.39 is 0 Å². The molecule has 2 aliphatic rings. The summed E-state index contributed by atoms with van der Waals surface area (Å²) in [5.74, 6) is 1.69. The maximum Gasteiger partial charge on any atom is 0.119 e. The zero-order valence-corrected chi connectivity index (χ0v) is 10.3. The topological polar surface area (TPSA) is 35.2 Å². The summed E-state index contributed by atoms with van der Waals surface area (Å²) in [5.41, 5.74) is 7.48. The third-order valence-corrected chi connectivity index (χ3v) is 3.87. The summed E-state index contributed by atoms with van der Waals surface area (Å²) in [4.78, 5) is 0. The Bertz CT molecular complexity index is 386. The quantitative estimate of drug-likeness (QED) is 0.867. The van der Waals surface area contributed by atoms with E-state index in [1.807, 2.05) is 0 Å². The van der Waals surface area contributed by atoms with Gasteiger partial charge in [-0.25, -0.2) is 0 Å². The molecule has 2 N–H and O–H groups in total. The van der Waals surface area contributed by atoms with Crippen LogP contribution in [0.2, 0.25) is 0 Å². The van der Waals surface area contributed by atoms with Gasteiger partial charge in [0.05, 0.1) is 6.10 Å². The van der Waals surface area contributed by atoms with E-state index in [0.29, 0.717) is 18.1 Å². The second kappa shape index (κ2) is 4.69. The maximum absolute atomic E-state index is 6.06. The summed E-state index contributed by atoms with van der Waals surface area (Å²) in [5, 5.41) is 0. The zero-order valence-electron chi connectivity index (χ0n) is 10.3. The van der Waals surface area contributed by atoms with Crippen LogP contribution < -0.4 is 10.5 Å². The maximum atomic E-state index is 6.06. The fourth-order valence-electron chi connectivity index (χ4n) is 2.75. The van der Waals surface area contributed by atoms with Crippen LogP contribution in [-0.2, 0) is 0 Å².